The minimum absolute atomic E-state index is 0.116. The van der Waals surface area contributed by atoms with Crippen LogP contribution in [0.25, 0.3) is 0 Å². The third-order valence-electron chi connectivity index (χ3n) is 3.70. The fourth-order valence-electron chi connectivity index (χ4n) is 2.66. The van der Waals surface area contributed by atoms with Crippen LogP contribution in [0, 0.1) is 0 Å². The summed E-state index contributed by atoms with van der Waals surface area (Å²) in [5.41, 5.74) is -0.490. The molecule has 1 atom stereocenters. The normalized spacial score (nSPS) is 17.9. The van der Waals surface area contributed by atoms with Crippen LogP contribution in [0.2, 0.25) is 0 Å². The molecule has 27 heavy (non-hydrogen) atoms. The Kier molecular flexibility index (Phi) is 6.30. The summed E-state index contributed by atoms with van der Waals surface area (Å²) >= 11 is 0. The number of hydrogen-bond acceptors (Lipinski definition) is 6. The van der Waals surface area contributed by atoms with Crippen LogP contribution in [0.3, 0.4) is 0 Å². The zero-order valence-corrected chi connectivity index (χ0v) is 16.2. The van der Waals surface area contributed by atoms with Crippen LogP contribution in [0.5, 0.6) is 5.75 Å². The number of ether oxygens (including phenoxy) is 1. The number of likely N-dealkylation sites (tertiary alicyclic amines) is 1. The highest BCUT2D eigenvalue weighted by atomic mass is 32.3. The standard InChI is InChI=1S/C17H23FN2O6S/c1-17(2,3)25-16(22)20-9-5-7-13(11-20)19-15(21)12-6-4-8-14(10-12)26-27(18,23)24/h4,6,8,10,13H,5,7,9,11H2,1-3H3,(H,19,21)/t13-/m1/s1. The number of nitrogens with zero attached hydrogens (tertiary/aromatic N) is 1. The first-order valence-corrected chi connectivity index (χ1v) is 9.77. The van der Waals surface area contributed by atoms with Gasteiger partial charge in [0.2, 0.25) is 0 Å². The number of halogens is 1. The maximum Gasteiger partial charge on any atom is 0.488 e. The second-order valence-corrected chi connectivity index (χ2v) is 8.20. The lowest BCUT2D eigenvalue weighted by Crippen LogP contribution is -2.50. The van der Waals surface area contributed by atoms with E-state index in [1.807, 2.05) is 0 Å². The lowest BCUT2D eigenvalue weighted by Gasteiger charge is -2.34. The molecule has 2 amide bonds. The zero-order valence-electron chi connectivity index (χ0n) is 15.4. The number of carbonyl (C=O) groups excluding carboxylic acids is 2. The Morgan fingerprint density at radius 1 is 1.30 bits per heavy atom. The Morgan fingerprint density at radius 3 is 2.63 bits per heavy atom. The first kappa shape index (κ1) is 20.9. The molecule has 0 aliphatic carbocycles. The average molecular weight is 402 g/mol. The van der Waals surface area contributed by atoms with E-state index in [1.54, 1.807) is 20.8 Å². The molecule has 1 N–H and O–H groups in total. The molecule has 1 aromatic rings. The number of hydrogen-bond donors (Lipinski definition) is 1. The van der Waals surface area contributed by atoms with Crippen LogP contribution in [0.15, 0.2) is 24.3 Å². The van der Waals surface area contributed by atoms with Crippen LogP contribution in [-0.2, 0) is 15.2 Å². The zero-order chi connectivity index (χ0) is 20.2. The van der Waals surface area contributed by atoms with E-state index in [0.717, 1.165) is 6.07 Å². The van der Waals surface area contributed by atoms with E-state index < -0.39 is 28.1 Å². The predicted molar refractivity (Wildman–Crippen MR) is 95.4 cm³/mol. The molecule has 2 rings (SSSR count). The van der Waals surface area contributed by atoms with Gasteiger partial charge in [-0.05, 0) is 51.8 Å². The van der Waals surface area contributed by atoms with Gasteiger partial charge in [0.05, 0.1) is 0 Å². The van der Waals surface area contributed by atoms with E-state index >= 15 is 0 Å². The van der Waals surface area contributed by atoms with Crippen molar-refractivity contribution in [1.82, 2.24) is 10.2 Å². The number of carbonyl (C=O) groups is 2. The van der Waals surface area contributed by atoms with E-state index in [2.05, 4.69) is 9.50 Å². The number of piperidine rings is 1. The molecule has 0 radical (unpaired) electrons. The van der Waals surface area contributed by atoms with Crippen molar-refractivity contribution in [3.63, 3.8) is 0 Å². The Labute approximate surface area is 158 Å². The Bertz CT molecular complexity index is 806. The fourth-order valence-corrected chi connectivity index (χ4v) is 2.99. The van der Waals surface area contributed by atoms with Crippen molar-refractivity contribution in [2.24, 2.45) is 0 Å². The maximum absolute atomic E-state index is 12.6. The Morgan fingerprint density at radius 2 is 2.00 bits per heavy atom. The SMILES string of the molecule is CC(C)(C)OC(=O)N1CCC[C@@H](NC(=O)c2cccc(OS(=O)(=O)F)c2)C1. The second kappa shape index (κ2) is 8.12. The van der Waals surface area contributed by atoms with Gasteiger partial charge in [0.15, 0.2) is 0 Å². The van der Waals surface area contributed by atoms with Crippen molar-refractivity contribution in [2.75, 3.05) is 13.1 Å². The summed E-state index contributed by atoms with van der Waals surface area (Å²) in [7, 11) is -5.17. The van der Waals surface area contributed by atoms with Crippen LogP contribution in [0.4, 0.5) is 8.68 Å². The lowest BCUT2D eigenvalue weighted by molar-refractivity contribution is 0.0185. The van der Waals surface area contributed by atoms with E-state index in [0.29, 0.717) is 25.9 Å². The smallest absolute Gasteiger partial charge is 0.444 e. The van der Waals surface area contributed by atoms with Gasteiger partial charge in [-0.1, -0.05) is 9.95 Å². The number of rotatable bonds is 4. The Hall–Kier alpha value is -2.36. The van der Waals surface area contributed by atoms with Crippen molar-refractivity contribution in [3.8, 4) is 5.75 Å². The van der Waals surface area contributed by atoms with Crippen molar-refractivity contribution >= 4 is 22.5 Å². The highest BCUT2D eigenvalue weighted by molar-refractivity contribution is 7.81. The van der Waals surface area contributed by atoms with Crippen molar-refractivity contribution in [2.45, 2.75) is 45.3 Å². The fraction of sp³-hybridized carbons (Fsp3) is 0.529. The molecule has 1 saturated heterocycles. The molecular formula is C17H23FN2O6S. The van der Waals surface area contributed by atoms with Gasteiger partial charge in [0.25, 0.3) is 5.91 Å². The Balaban J connectivity index is 1.99. The number of benzene rings is 1. The van der Waals surface area contributed by atoms with Gasteiger partial charge in [-0.25, -0.2) is 4.79 Å². The van der Waals surface area contributed by atoms with Gasteiger partial charge in [-0.2, -0.15) is 8.42 Å². The van der Waals surface area contributed by atoms with E-state index in [9.17, 15) is 21.9 Å². The minimum atomic E-state index is -5.17. The average Bonchev–Trinajstić information content (AvgIpc) is 2.52. The molecule has 8 nitrogen and oxygen atoms in total. The third kappa shape index (κ3) is 7.05. The summed E-state index contributed by atoms with van der Waals surface area (Å²) in [4.78, 5) is 26.1. The quantitative estimate of drug-likeness (QED) is 0.776. The molecule has 0 spiro atoms. The van der Waals surface area contributed by atoms with Crippen molar-refractivity contribution in [3.05, 3.63) is 29.8 Å². The van der Waals surface area contributed by atoms with Crippen LogP contribution >= 0.6 is 0 Å². The van der Waals surface area contributed by atoms with Crippen molar-refractivity contribution in [1.29, 1.82) is 0 Å². The summed E-state index contributed by atoms with van der Waals surface area (Å²) in [6.07, 6.45) is 0.943. The number of amides is 2. The molecule has 0 unspecified atom stereocenters. The third-order valence-corrected chi connectivity index (χ3v) is 4.09. The van der Waals surface area contributed by atoms with E-state index in [-0.39, 0.29) is 17.4 Å². The lowest BCUT2D eigenvalue weighted by atomic mass is 10.1. The van der Waals surface area contributed by atoms with Crippen LogP contribution in [-0.4, -0.2) is 50.1 Å². The molecule has 1 fully saturated rings. The molecule has 150 valence electrons. The van der Waals surface area contributed by atoms with Gasteiger partial charge in [-0.3, -0.25) is 4.79 Å². The molecule has 1 heterocycles. The van der Waals surface area contributed by atoms with Gasteiger partial charge < -0.3 is 19.1 Å². The van der Waals surface area contributed by atoms with Crippen molar-refractivity contribution < 1.29 is 30.8 Å². The van der Waals surface area contributed by atoms with Gasteiger partial charge in [-0.15, -0.1) is 0 Å². The maximum atomic E-state index is 12.6. The monoisotopic (exact) mass is 402 g/mol. The molecule has 10 heteroatoms. The van der Waals surface area contributed by atoms with Crippen LogP contribution in [0.1, 0.15) is 44.0 Å². The molecule has 0 saturated carbocycles. The highest BCUT2D eigenvalue weighted by Gasteiger charge is 2.28. The molecular weight excluding hydrogens is 379 g/mol. The van der Waals surface area contributed by atoms with Gasteiger partial charge in [0.1, 0.15) is 11.4 Å². The summed E-state index contributed by atoms with van der Waals surface area (Å²) in [6.45, 7) is 6.18. The van der Waals surface area contributed by atoms with E-state index in [1.165, 1.54) is 23.1 Å². The van der Waals surface area contributed by atoms with Gasteiger partial charge in [0, 0.05) is 24.7 Å². The highest BCUT2D eigenvalue weighted by Crippen LogP contribution is 2.18. The molecule has 0 aromatic heterocycles. The van der Waals surface area contributed by atoms with Crippen LogP contribution < -0.4 is 9.50 Å². The molecule has 1 aromatic carbocycles. The van der Waals surface area contributed by atoms with E-state index in [4.69, 9.17) is 4.74 Å². The molecule has 1 aliphatic heterocycles. The summed E-state index contributed by atoms with van der Waals surface area (Å²) in [5, 5.41) is 2.79. The first-order chi connectivity index (χ1) is 12.4. The molecule has 0 bridgehead atoms. The summed E-state index contributed by atoms with van der Waals surface area (Å²) in [5.74, 6) is -0.781. The molecule has 1 aliphatic rings. The largest absolute Gasteiger partial charge is 0.488 e. The second-order valence-electron chi connectivity index (χ2n) is 7.24. The topological polar surface area (TPSA) is 102 Å². The van der Waals surface area contributed by atoms with Gasteiger partial charge >= 0.3 is 16.6 Å². The number of nitrogens with one attached hydrogen (secondary N) is 1. The predicted octanol–water partition coefficient (Wildman–Crippen LogP) is 2.41. The minimum Gasteiger partial charge on any atom is -0.444 e. The summed E-state index contributed by atoms with van der Waals surface area (Å²) in [6, 6.07) is 4.89. The summed E-state index contributed by atoms with van der Waals surface area (Å²) < 4.78 is 43.2. The first-order valence-electron chi connectivity index (χ1n) is 8.46.